The lowest BCUT2D eigenvalue weighted by molar-refractivity contribution is -0.107. The summed E-state index contributed by atoms with van der Waals surface area (Å²) in [5.41, 5.74) is 3.77. The van der Waals surface area contributed by atoms with Crippen molar-refractivity contribution in [2.75, 3.05) is 6.61 Å². The number of rotatable bonds is 0. The number of allylic oxidation sites excluding steroid dienone is 4. The van der Waals surface area contributed by atoms with Crippen LogP contribution in [0.1, 0.15) is 64.2 Å². The minimum Gasteiger partial charge on any atom is -0.375 e. The van der Waals surface area contributed by atoms with Crippen molar-refractivity contribution in [1.82, 2.24) is 0 Å². The lowest BCUT2D eigenvalue weighted by Crippen LogP contribution is -2.44. The summed E-state index contributed by atoms with van der Waals surface area (Å²) >= 11 is 0. The van der Waals surface area contributed by atoms with Crippen molar-refractivity contribution in [3.63, 3.8) is 0 Å². The molecule has 3 atom stereocenters. The van der Waals surface area contributed by atoms with Gasteiger partial charge in [-0.2, -0.15) is 0 Å². The minimum absolute atomic E-state index is 0.264. The van der Waals surface area contributed by atoms with E-state index in [4.69, 9.17) is 4.74 Å². The maximum absolute atomic E-state index is 6.29. The molecule has 3 unspecified atom stereocenters. The SMILES string of the molecule is C1=C2CCCCC2C2CC3(CCCCO3)CCC2=C1. The van der Waals surface area contributed by atoms with Crippen molar-refractivity contribution in [3.8, 4) is 0 Å². The van der Waals surface area contributed by atoms with Gasteiger partial charge in [-0.25, -0.2) is 0 Å². The summed E-state index contributed by atoms with van der Waals surface area (Å²) < 4.78 is 6.29. The van der Waals surface area contributed by atoms with Gasteiger partial charge in [0.2, 0.25) is 0 Å². The molecule has 19 heavy (non-hydrogen) atoms. The van der Waals surface area contributed by atoms with Gasteiger partial charge in [0, 0.05) is 6.61 Å². The third-order valence-electron chi connectivity index (χ3n) is 6.08. The average molecular weight is 258 g/mol. The second-order valence-electron chi connectivity index (χ2n) is 7.13. The van der Waals surface area contributed by atoms with Crippen molar-refractivity contribution < 1.29 is 4.74 Å². The van der Waals surface area contributed by atoms with Crippen molar-refractivity contribution in [1.29, 1.82) is 0 Å². The molecule has 1 nitrogen and oxygen atoms in total. The van der Waals surface area contributed by atoms with E-state index < -0.39 is 0 Å². The van der Waals surface area contributed by atoms with Crippen LogP contribution < -0.4 is 0 Å². The lowest BCUT2D eigenvalue weighted by Gasteiger charge is -2.48. The highest BCUT2D eigenvalue weighted by molar-refractivity contribution is 5.32. The summed E-state index contributed by atoms with van der Waals surface area (Å²) in [6.07, 6.45) is 18.5. The van der Waals surface area contributed by atoms with Crippen molar-refractivity contribution >= 4 is 0 Å². The maximum Gasteiger partial charge on any atom is 0.0691 e. The van der Waals surface area contributed by atoms with Gasteiger partial charge in [-0.1, -0.05) is 29.7 Å². The lowest BCUT2D eigenvalue weighted by atomic mass is 9.62. The van der Waals surface area contributed by atoms with Crippen LogP contribution in [-0.2, 0) is 4.74 Å². The van der Waals surface area contributed by atoms with Gasteiger partial charge in [-0.05, 0) is 69.6 Å². The first-order chi connectivity index (χ1) is 9.36. The smallest absolute Gasteiger partial charge is 0.0691 e. The van der Waals surface area contributed by atoms with E-state index in [0.717, 1.165) is 18.4 Å². The molecule has 0 radical (unpaired) electrons. The van der Waals surface area contributed by atoms with Crippen LogP contribution in [0.25, 0.3) is 0 Å². The summed E-state index contributed by atoms with van der Waals surface area (Å²) in [4.78, 5) is 0. The standard InChI is InChI=1S/C18H26O/c1-2-6-16-14(5-1)7-8-15-9-11-18(13-17(15)16)10-3-4-12-19-18/h7-8,16-17H,1-6,9-13H2. The normalized spacial score (nSPS) is 42.1. The third-order valence-corrected chi connectivity index (χ3v) is 6.08. The Kier molecular flexibility index (Phi) is 3.06. The average Bonchev–Trinajstić information content (AvgIpc) is 2.48. The molecule has 0 aromatic rings. The summed E-state index contributed by atoms with van der Waals surface area (Å²) in [6, 6.07) is 0. The van der Waals surface area contributed by atoms with Gasteiger partial charge in [-0.3, -0.25) is 0 Å². The predicted octanol–water partition coefficient (Wildman–Crippen LogP) is 4.78. The zero-order valence-electron chi connectivity index (χ0n) is 12.0. The van der Waals surface area contributed by atoms with Crippen LogP contribution in [-0.4, -0.2) is 12.2 Å². The van der Waals surface area contributed by atoms with Crippen LogP contribution in [0.15, 0.2) is 23.3 Å². The van der Waals surface area contributed by atoms with E-state index in [9.17, 15) is 0 Å². The molecule has 0 aromatic carbocycles. The zero-order valence-corrected chi connectivity index (χ0v) is 12.0. The second-order valence-corrected chi connectivity index (χ2v) is 7.13. The van der Waals surface area contributed by atoms with Crippen molar-refractivity contribution in [3.05, 3.63) is 23.3 Å². The van der Waals surface area contributed by atoms with Gasteiger partial charge < -0.3 is 4.74 Å². The highest BCUT2D eigenvalue weighted by Crippen LogP contribution is 2.51. The quantitative estimate of drug-likeness (QED) is 0.607. The molecule has 1 spiro atoms. The molecule has 4 rings (SSSR count). The van der Waals surface area contributed by atoms with Crippen LogP contribution in [0.2, 0.25) is 0 Å². The highest BCUT2D eigenvalue weighted by atomic mass is 16.5. The Hall–Kier alpha value is -0.560. The van der Waals surface area contributed by atoms with Gasteiger partial charge in [0.15, 0.2) is 0 Å². The first-order valence-electron chi connectivity index (χ1n) is 8.40. The number of hydrogen-bond acceptors (Lipinski definition) is 1. The fourth-order valence-corrected chi connectivity index (χ4v) is 5.01. The third kappa shape index (κ3) is 2.11. The van der Waals surface area contributed by atoms with Crippen LogP contribution in [0.5, 0.6) is 0 Å². The molecule has 4 aliphatic rings. The van der Waals surface area contributed by atoms with Crippen molar-refractivity contribution in [2.24, 2.45) is 11.8 Å². The molecule has 104 valence electrons. The zero-order chi connectivity index (χ0) is 12.7. The molecule has 0 N–H and O–H groups in total. The fourth-order valence-electron chi connectivity index (χ4n) is 5.01. The fraction of sp³-hybridized carbons (Fsp3) is 0.778. The molecule has 1 aliphatic heterocycles. The molecule has 2 saturated carbocycles. The van der Waals surface area contributed by atoms with Crippen LogP contribution in [0.4, 0.5) is 0 Å². The number of ether oxygens (including phenoxy) is 1. The largest absolute Gasteiger partial charge is 0.375 e. The molecular formula is C18H26O. The van der Waals surface area contributed by atoms with E-state index in [-0.39, 0.29) is 5.60 Å². The minimum atomic E-state index is 0.264. The highest BCUT2D eigenvalue weighted by Gasteiger charge is 2.44. The Morgan fingerprint density at radius 3 is 2.63 bits per heavy atom. The van der Waals surface area contributed by atoms with Gasteiger partial charge in [0.1, 0.15) is 0 Å². The van der Waals surface area contributed by atoms with E-state index in [1.807, 2.05) is 0 Å². The number of fused-ring (bicyclic) bond motifs is 3. The van der Waals surface area contributed by atoms with E-state index in [1.54, 1.807) is 11.1 Å². The molecule has 0 bridgehead atoms. The molecular weight excluding hydrogens is 232 g/mol. The Morgan fingerprint density at radius 2 is 1.79 bits per heavy atom. The molecule has 1 heterocycles. The Labute approximate surface area is 117 Å². The van der Waals surface area contributed by atoms with Gasteiger partial charge in [0.25, 0.3) is 0 Å². The summed E-state index contributed by atoms with van der Waals surface area (Å²) in [5.74, 6) is 1.70. The van der Waals surface area contributed by atoms with E-state index in [0.29, 0.717) is 0 Å². The van der Waals surface area contributed by atoms with Crippen LogP contribution in [0, 0.1) is 11.8 Å². The monoisotopic (exact) mass is 258 g/mol. The van der Waals surface area contributed by atoms with E-state index in [2.05, 4.69) is 12.2 Å². The van der Waals surface area contributed by atoms with Gasteiger partial charge in [-0.15, -0.1) is 0 Å². The maximum atomic E-state index is 6.29. The Morgan fingerprint density at radius 1 is 0.895 bits per heavy atom. The molecule has 1 heteroatoms. The summed E-state index contributed by atoms with van der Waals surface area (Å²) in [7, 11) is 0. The molecule has 0 aromatic heterocycles. The summed E-state index contributed by atoms with van der Waals surface area (Å²) in [5, 5.41) is 0. The Balaban J connectivity index is 1.59. The van der Waals surface area contributed by atoms with E-state index in [1.165, 1.54) is 64.2 Å². The van der Waals surface area contributed by atoms with Gasteiger partial charge in [0.05, 0.1) is 5.60 Å². The van der Waals surface area contributed by atoms with Crippen molar-refractivity contribution in [2.45, 2.75) is 69.8 Å². The first kappa shape index (κ1) is 12.2. The molecule has 3 aliphatic carbocycles. The van der Waals surface area contributed by atoms with E-state index >= 15 is 0 Å². The number of hydrogen-bond donors (Lipinski definition) is 0. The molecule has 1 saturated heterocycles. The molecule has 0 amide bonds. The topological polar surface area (TPSA) is 9.23 Å². The second kappa shape index (κ2) is 4.77. The summed E-state index contributed by atoms with van der Waals surface area (Å²) in [6.45, 7) is 1.01. The first-order valence-corrected chi connectivity index (χ1v) is 8.40. The predicted molar refractivity (Wildman–Crippen MR) is 78.0 cm³/mol. The molecule has 3 fully saturated rings. The van der Waals surface area contributed by atoms with Gasteiger partial charge >= 0.3 is 0 Å². The Bertz CT molecular complexity index is 411. The van der Waals surface area contributed by atoms with Crippen LogP contribution >= 0.6 is 0 Å². The van der Waals surface area contributed by atoms with Crippen LogP contribution in [0.3, 0.4) is 0 Å².